The molecule has 21 heavy (non-hydrogen) atoms. The number of benzene rings is 2. The normalized spacial score (nSPS) is 16.3. The molecule has 1 nitrogen and oxygen atoms in total. The molecule has 0 aliphatic carbocycles. The van der Waals surface area contributed by atoms with Crippen LogP contribution in [0.2, 0.25) is 0 Å². The minimum atomic E-state index is -0.220. The van der Waals surface area contributed by atoms with Gasteiger partial charge in [-0.3, -0.25) is 0 Å². The summed E-state index contributed by atoms with van der Waals surface area (Å²) in [5, 5.41) is 3.37. The van der Waals surface area contributed by atoms with Gasteiger partial charge in [0.15, 0.2) is 0 Å². The van der Waals surface area contributed by atoms with Crippen LogP contribution >= 0.6 is 0 Å². The Hall–Kier alpha value is -1.74. The Morgan fingerprint density at radius 1 is 0.762 bits per heavy atom. The molecule has 0 aromatic heterocycles. The van der Waals surface area contributed by atoms with Crippen molar-refractivity contribution in [1.29, 1.82) is 0 Å². The predicted molar refractivity (Wildman–Crippen MR) is 80.2 cm³/mol. The summed E-state index contributed by atoms with van der Waals surface area (Å²) < 4.78 is 26.4. The van der Waals surface area contributed by atoms with E-state index in [4.69, 9.17) is 0 Å². The van der Waals surface area contributed by atoms with Crippen LogP contribution in [0.15, 0.2) is 48.5 Å². The molecule has 1 N–H and O–H groups in total. The van der Waals surface area contributed by atoms with Gasteiger partial charge in [-0.15, -0.1) is 0 Å². The Labute approximate surface area is 124 Å². The van der Waals surface area contributed by atoms with E-state index in [2.05, 4.69) is 5.32 Å². The molecule has 2 aromatic carbocycles. The monoisotopic (exact) mass is 287 g/mol. The van der Waals surface area contributed by atoms with E-state index >= 15 is 0 Å². The van der Waals surface area contributed by atoms with E-state index in [1.165, 1.54) is 24.3 Å². The quantitative estimate of drug-likeness (QED) is 0.896. The molecular weight excluding hydrogens is 268 g/mol. The lowest BCUT2D eigenvalue weighted by atomic mass is 9.76. The maximum absolute atomic E-state index is 13.2. The highest BCUT2D eigenvalue weighted by Gasteiger charge is 2.26. The first kappa shape index (κ1) is 14.2. The van der Waals surface area contributed by atoms with E-state index in [9.17, 15) is 8.78 Å². The molecule has 0 unspecified atom stereocenters. The number of rotatable bonds is 3. The van der Waals surface area contributed by atoms with Crippen molar-refractivity contribution in [1.82, 2.24) is 5.32 Å². The zero-order valence-electron chi connectivity index (χ0n) is 11.9. The highest BCUT2D eigenvalue weighted by molar-refractivity contribution is 5.34. The number of hydrogen-bond donors (Lipinski definition) is 1. The predicted octanol–water partition coefficient (Wildman–Crippen LogP) is 4.10. The van der Waals surface area contributed by atoms with Gasteiger partial charge in [-0.2, -0.15) is 0 Å². The van der Waals surface area contributed by atoms with Crippen molar-refractivity contribution in [3.63, 3.8) is 0 Å². The van der Waals surface area contributed by atoms with E-state index in [1.54, 1.807) is 0 Å². The van der Waals surface area contributed by atoms with Crippen LogP contribution in [0, 0.1) is 17.6 Å². The summed E-state index contributed by atoms with van der Waals surface area (Å²) in [6.07, 6.45) is 2.17. The number of nitrogens with one attached hydrogen (secondary N) is 1. The smallest absolute Gasteiger partial charge is 0.123 e. The largest absolute Gasteiger partial charge is 0.317 e. The summed E-state index contributed by atoms with van der Waals surface area (Å²) in [6, 6.07) is 13.4. The Morgan fingerprint density at radius 3 is 1.62 bits per heavy atom. The van der Waals surface area contributed by atoms with Crippen molar-refractivity contribution in [2.24, 2.45) is 5.92 Å². The van der Waals surface area contributed by atoms with Crippen molar-refractivity contribution in [2.45, 2.75) is 18.8 Å². The first-order valence-electron chi connectivity index (χ1n) is 7.45. The summed E-state index contributed by atoms with van der Waals surface area (Å²) in [6.45, 7) is 2.01. The molecule has 1 aliphatic rings. The number of piperidine rings is 1. The third-order valence-electron chi connectivity index (χ3n) is 4.31. The van der Waals surface area contributed by atoms with Gasteiger partial charge in [-0.05, 0) is 67.2 Å². The first-order chi connectivity index (χ1) is 10.2. The van der Waals surface area contributed by atoms with Crippen molar-refractivity contribution in [3.05, 3.63) is 71.3 Å². The van der Waals surface area contributed by atoms with Crippen molar-refractivity contribution in [2.75, 3.05) is 13.1 Å². The second kappa shape index (κ2) is 6.35. The van der Waals surface area contributed by atoms with Crippen LogP contribution in [0.3, 0.4) is 0 Å². The van der Waals surface area contributed by atoms with Crippen molar-refractivity contribution in [3.8, 4) is 0 Å². The van der Waals surface area contributed by atoms with Crippen LogP contribution in [-0.2, 0) is 0 Å². The standard InChI is InChI=1S/C18H19F2N/c19-16-5-1-13(2-6-16)18(15-9-11-21-12-10-15)14-3-7-17(20)8-4-14/h1-8,15,18,21H,9-12H2. The average molecular weight is 287 g/mol. The van der Waals surface area contributed by atoms with Gasteiger partial charge in [0.1, 0.15) is 11.6 Å². The molecule has 0 amide bonds. The van der Waals surface area contributed by atoms with Gasteiger partial charge >= 0.3 is 0 Å². The van der Waals surface area contributed by atoms with E-state index in [0.717, 1.165) is 37.1 Å². The molecule has 3 rings (SSSR count). The molecule has 0 saturated carbocycles. The highest BCUT2D eigenvalue weighted by atomic mass is 19.1. The number of halogens is 2. The fourth-order valence-corrected chi connectivity index (χ4v) is 3.25. The van der Waals surface area contributed by atoms with Gasteiger partial charge in [0.25, 0.3) is 0 Å². The average Bonchev–Trinajstić information content (AvgIpc) is 2.52. The Balaban J connectivity index is 1.97. The fraction of sp³-hybridized carbons (Fsp3) is 0.333. The lowest BCUT2D eigenvalue weighted by Crippen LogP contribution is -2.31. The highest BCUT2D eigenvalue weighted by Crippen LogP contribution is 2.36. The summed E-state index contributed by atoms with van der Waals surface area (Å²) in [7, 11) is 0. The minimum absolute atomic E-state index is 0.202. The molecule has 1 heterocycles. The Kier molecular flexibility index (Phi) is 4.30. The van der Waals surface area contributed by atoms with Crippen LogP contribution < -0.4 is 5.32 Å². The summed E-state index contributed by atoms with van der Waals surface area (Å²) in [4.78, 5) is 0. The van der Waals surface area contributed by atoms with Crippen molar-refractivity contribution >= 4 is 0 Å². The maximum atomic E-state index is 13.2. The second-order valence-electron chi connectivity index (χ2n) is 5.67. The fourth-order valence-electron chi connectivity index (χ4n) is 3.25. The lowest BCUT2D eigenvalue weighted by molar-refractivity contribution is 0.342. The minimum Gasteiger partial charge on any atom is -0.317 e. The maximum Gasteiger partial charge on any atom is 0.123 e. The van der Waals surface area contributed by atoms with E-state index in [-0.39, 0.29) is 17.6 Å². The summed E-state index contributed by atoms with van der Waals surface area (Å²) in [5.74, 6) is 0.263. The van der Waals surface area contributed by atoms with Gasteiger partial charge in [0, 0.05) is 5.92 Å². The van der Waals surface area contributed by atoms with Gasteiger partial charge < -0.3 is 5.32 Å². The van der Waals surface area contributed by atoms with Gasteiger partial charge in [-0.1, -0.05) is 24.3 Å². The molecule has 0 bridgehead atoms. The second-order valence-corrected chi connectivity index (χ2v) is 5.67. The van der Waals surface area contributed by atoms with Crippen LogP contribution in [0.25, 0.3) is 0 Å². The Morgan fingerprint density at radius 2 is 1.19 bits per heavy atom. The van der Waals surface area contributed by atoms with Gasteiger partial charge in [-0.25, -0.2) is 8.78 Å². The summed E-state index contributed by atoms with van der Waals surface area (Å²) >= 11 is 0. The number of hydrogen-bond acceptors (Lipinski definition) is 1. The molecule has 0 atom stereocenters. The molecule has 0 spiro atoms. The van der Waals surface area contributed by atoms with Gasteiger partial charge in [0.2, 0.25) is 0 Å². The molecule has 1 aliphatic heterocycles. The molecule has 0 radical (unpaired) electrons. The zero-order valence-corrected chi connectivity index (χ0v) is 11.9. The van der Waals surface area contributed by atoms with Crippen LogP contribution in [0.5, 0.6) is 0 Å². The molecule has 110 valence electrons. The molecule has 1 saturated heterocycles. The van der Waals surface area contributed by atoms with E-state index in [0.29, 0.717) is 5.92 Å². The van der Waals surface area contributed by atoms with Crippen LogP contribution in [0.1, 0.15) is 29.9 Å². The van der Waals surface area contributed by atoms with E-state index in [1.807, 2.05) is 24.3 Å². The van der Waals surface area contributed by atoms with E-state index < -0.39 is 0 Å². The SMILES string of the molecule is Fc1ccc(C(c2ccc(F)cc2)C2CCNCC2)cc1. The lowest BCUT2D eigenvalue weighted by Gasteiger charge is -2.31. The molecular formula is C18H19F2N. The zero-order chi connectivity index (χ0) is 14.7. The first-order valence-corrected chi connectivity index (χ1v) is 7.45. The topological polar surface area (TPSA) is 12.0 Å². The van der Waals surface area contributed by atoms with Crippen LogP contribution in [-0.4, -0.2) is 13.1 Å². The third kappa shape index (κ3) is 3.30. The van der Waals surface area contributed by atoms with Crippen LogP contribution in [0.4, 0.5) is 8.78 Å². The third-order valence-corrected chi connectivity index (χ3v) is 4.31. The molecule has 3 heteroatoms. The Bertz CT molecular complexity index is 526. The van der Waals surface area contributed by atoms with Gasteiger partial charge in [0.05, 0.1) is 0 Å². The molecule has 2 aromatic rings. The summed E-state index contributed by atoms with van der Waals surface area (Å²) in [5.41, 5.74) is 2.21. The molecule has 1 fully saturated rings. The van der Waals surface area contributed by atoms with Crippen molar-refractivity contribution < 1.29 is 8.78 Å².